The first-order valence-electron chi connectivity index (χ1n) is 7.72. The molecule has 2 aromatic rings. The average molecular weight is 427 g/mol. The zero-order valence-electron chi connectivity index (χ0n) is 13.2. The molecule has 3 rings (SSSR count). The fourth-order valence-electron chi connectivity index (χ4n) is 2.79. The second-order valence-corrected chi connectivity index (χ2v) is 8.53. The lowest BCUT2D eigenvalue weighted by molar-refractivity contribution is -0.119. The van der Waals surface area contributed by atoms with Crippen LogP contribution in [0.1, 0.15) is 12.8 Å². The molecule has 8 heteroatoms. The molecule has 0 spiro atoms. The van der Waals surface area contributed by atoms with Crippen LogP contribution >= 0.6 is 15.9 Å². The first-order valence-corrected chi connectivity index (χ1v) is 9.95. The number of halogens is 2. The Hall–Kier alpha value is -1.77. The number of hydrogen-bond donors (Lipinski definition) is 1. The summed E-state index contributed by atoms with van der Waals surface area (Å²) in [7, 11) is -3.76. The van der Waals surface area contributed by atoms with Crippen molar-refractivity contribution >= 4 is 37.5 Å². The van der Waals surface area contributed by atoms with Crippen molar-refractivity contribution in [3.63, 3.8) is 0 Å². The molecule has 2 aromatic carbocycles. The molecular formula is C17H16BrFN2O3S. The molecule has 1 N–H and O–H groups in total. The topological polar surface area (TPSA) is 66.5 Å². The first-order chi connectivity index (χ1) is 11.9. The number of anilines is 1. The molecule has 1 aliphatic heterocycles. The minimum Gasteiger partial charge on any atom is -0.325 e. The van der Waals surface area contributed by atoms with Gasteiger partial charge in [-0.15, -0.1) is 0 Å². The Kier molecular flexibility index (Phi) is 5.21. The normalized spacial score (nSPS) is 18.2. The summed E-state index contributed by atoms with van der Waals surface area (Å²) in [6.07, 6.45) is 1.06. The summed E-state index contributed by atoms with van der Waals surface area (Å²) >= 11 is 3.27. The van der Waals surface area contributed by atoms with Gasteiger partial charge in [0.15, 0.2) is 0 Å². The smallest absolute Gasteiger partial charge is 0.243 e. The van der Waals surface area contributed by atoms with E-state index in [4.69, 9.17) is 0 Å². The van der Waals surface area contributed by atoms with Crippen LogP contribution < -0.4 is 5.32 Å². The van der Waals surface area contributed by atoms with Crippen molar-refractivity contribution in [3.8, 4) is 0 Å². The van der Waals surface area contributed by atoms with E-state index >= 15 is 0 Å². The maximum atomic E-state index is 13.0. The Morgan fingerprint density at radius 2 is 1.76 bits per heavy atom. The number of rotatable bonds is 4. The number of hydrogen-bond acceptors (Lipinski definition) is 3. The van der Waals surface area contributed by atoms with E-state index in [1.807, 2.05) is 0 Å². The highest BCUT2D eigenvalue weighted by atomic mass is 79.9. The zero-order valence-corrected chi connectivity index (χ0v) is 15.6. The molecule has 1 amide bonds. The van der Waals surface area contributed by atoms with E-state index in [0.29, 0.717) is 25.1 Å². The quantitative estimate of drug-likeness (QED) is 0.814. The van der Waals surface area contributed by atoms with Crippen LogP contribution in [0.15, 0.2) is 57.9 Å². The Morgan fingerprint density at radius 3 is 2.40 bits per heavy atom. The summed E-state index contributed by atoms with van der Waals surface area (Å²) in [5, 5.41) is 2.65. The van der Waals surface area contributed by atoms with Gasteiger partial charge >= 0.3 is 0 Å². The van der Waals surface area contributed by atoms with E-state index in [-0.39, 0.29) is 4.90 Å². The SMILES string of the molecule is O=C(Nc1ccc(F)cc1)[C@@H]1CCCN1S(=O)(=O)c1ccc(Br)cc1. The molecule has 0 radical (unpaired) electrons. The first kappa shape index (κ1) is 18.0. The van der Waals surface area contributed by atoms with Crippen molar-refractivity contribution in [2.24, 2.45) is 0 Å². The Bertz CT molecular complexity index is 870. The minimum absolute atomic E-state index is 0.150. The average Bonchev–Trinajstić information content (AvgIpc) is 3.08. The van der Waals surface area contributed by atoms with Crippen LogP contribution in [-0.2, 0) is 14.8 Å². The predicted molar refractivity (Wildman–Crippen MR) is 96.1 cm³/mol. The van der Waals surface area contributed by atoms with Gasteiger partial charge in [0, 0.05) is 16.7 Å². The van der Waals surface area contributed by atoms with Crippen LogP contribution in [0, 0.1) is 5.82 Å². The van der Waals surface area contributed by atoms with E-state index < -0.39 is 27.8 Å². The van der Waals surface area contributed by atoms with Gasteiger partial charge in [-0.2, -0.15) is 4.31 Å². The standard InChI is InChI=1S/C17H16BrFN2O3S/c18-12-3-9-15(10-4-12)25(23,24)21-11-1-2-16(21)17(22)20-14-7-5-13(19)6-8-14/h3-10,16H,1-2,11H2,(H,20,22)/t16-/m0/s1. The maximum Gasteiger partial charge on any atom is 0.243 e. The summed E-state index contributed by atoms with van der Waals surface area (Å²) < 4.78 is 40.6. The molecular weight excluding hydrogens is 411 g/mol. The number of amides is 1. The summed E-state index contributed by atoms with van der Waals surface area (Å²) in [6, 6.07) is 10.9. The third kappa shape index (κ3) is 3.91. The number of carbonyl (C=O) groups excluding carboxylic acids is 1. The molecule has 1 fully saturated rings. The molecule has 1 heterocycles. The molecule has 1 atom stereocenters. The van der Waals surface area contributed by atoms with E-state index in [1.54, 1.807) is 12.1 Å². The number of sulfonamides is 1. The molecule has 1 saturated heterocycles. The van der Waals surface area contributed by atoms with Gasteiger partial charge in [0.05, 0.1) is 4.90 Å². The summed E-state index contributed by atoms with van der Waals surface area (Å²) in [4.78, 5) is 12.7. The van der Waals surface area contributed by atoms with Gasteiger partial charge in [-0.05, 0) is 61.4 Å². The molecule has 0 aliphatic carbocycles. The lowest BCUT2D eigenvalue weighted by Crippen LogP contribution is -2.43. The van der Waals surface area contributed by atoms with Crippen molar-refractivity contribution in [2.45, 2.75) is 23.8 Å². The molecule has 132 valence electrons. The largest absolute Gasteiger partial charge is 0.325 e. The van der Waals surface area contributed by atoms with Crippen LogP contribution in [-0.4, -0.2) is 31.2 Å². The zero-order chi connectivity index (χ0) is 18.0. The summed E-state index contributed by atoms with van der Waals surface area (Å²) in [5.41, 5.74) is 0.430. The molecule has 25 heavy (non-hydrogen) atoms. The number of carbonyl (C=O) groups is 1. The van der Waals surface area contributed by atoms with E-state index in [0.717, 1.165) is 4.47 Å². The second kappa shape index (κ2) is 7.23. The third-order valence-corrected chi connectivity index (χ3v) is 6.49. The lowest BCUT2D eigenvalue weighted by Gasteiger charge is -2.23. The third-order valence-electron chi connectivity index (χ3n) is 4.04. The predicted octanol–water partition coefficient (Wildman–Crippen LogP) is 3.38. The maximum absolute atomic E-state index is 13.0. The van der Waals surface area contributed by atoms with Gasteiger partial charge in [0.1, 0.15) is 11.9 Å². The van der Waals surface area contributed by atoms with Crippen molar-refractivity contribution < 1.29 is 17.6 Å². The highest BCUT2D eigenvalue weighted by Crippen LogP contribution is 2.27. The van der Waals surface area contributed by atoms with E-state index in [2.05, 4.69) is 21.2 Å². The molecule has 0 unspecified atom stereocenters. The van der Waals surface area contributed by atoms with Crippen molar-refractivity contribution in [3.05, 3.63) is 58.8 Å². The lowest BCUT2D eigenvalue weighted by atomic mass is 10.2. The fraction of sp³-hybridized carbons (Fsp3) is 0.235. The van der Waals surface area contributed by atoms with Crippen LogP contribution in [0.4, 0.5) is 10.1 Å². The molecule has 0 aromatic heterocycles. The molecule has 0 bridgehead atoms. The Labute approximate surface area is 154 Å². The number of nitrogens with zero attached hydrogens (tertiary/aromatic N) is 1. The van der Waals surface area contributed by atoms with Crippen molar-refractivity contribution in [1.29, 1.82) is 0 Å². The highest BCUT2D eigenvalue weighted by molar-refractivity contribution is 9.10. The summed E-state index contributed by atoms with van der Waals surface area (Å²) in [5.74, 6) is -0.817. The highest BCUT2D eigenvalue weighted by Gasteiger charge is 2.39. The number of nitrogens with one attached hydrogen (secondary N) is 1. The van der Waals surface area contributed by atoms with Crippen molar-refractivity contribution in [1.82, 2.24) is 4.31 Å². The van der Waals surface area contributed by atoms with Gasteiger partial charge in [0.25, 0.3) is 0 Å². The van der Waals surface area contributed by atoms with Crippen LogP contribution in [0.3, 0.4) is 0 Å². The molecule has 5 nitrogen and oxygen atoms in total. The monoisotopic (exact) mass is 426 g/mol. The van der Waals surface area contributed by atoms with Gasteiger partial charge in [-0.3, -0.25) is 4.79 Å². The molecule has 0 saturated carbocycles. The Morgan fingerprint density at radius 1 is 1.12 bits per heavy atom. The van der Waals surface area contributed by atoms with Crippen LogP contribution in [0.25, 0.3) is 0 Å². The van der Waals surface area contributed by atoms with E-state index in [9.17, 15) is 17.6 Å². The van der Waals surface area contributed by atoms with Gasteiger partial charge in [0.2, 0.25) is 15.9 Å². The second-order valence-electron chi connectivity index (χ2n) is 5.72. The van der Waals surface area contributed by atoms with Crippen LogP contribution in [0.5, 0.6) is 0 Å². The minimum atomic E-state index is -3.76. The summed E-state index contributed by atoms with van der Waals surface area (Å²) in [6.45, 7) is 0.292. The van der Waals surface area contributed by atoms with Gasteiger partial charge in [-0.25, -0.2) is 12.8 Å². The van der Waals surface area contributed by atoms with E-state index in [1.165, 1.54) is 40.7 Å². The Balaban J connectivity index is 1.80. The molecule has 1 aliphatic rings. The van der Waals surface area contributed by atoms with Crippen molar-refractivity contribution in [2.75, 3.05) is 11.9 Å². The number of benzene rings is 2. The van der Waals surface area contributed by atoms with Gasteiger partial charge in [-0.1, -0.05) is 15.9 Å². The fourth-order valence-corrected chi connectivity index (χ4v) is 4.71. The van der Waals surface area contributed by atoms with Crippen LogP contribution in [0.2, 0.25) is 0 Å². The van der Waals surface area contributed by atoms with Gasteiger partial charge < -0.3 is 5.32 Å².